The van der Waals surface area contributed by atoms with Gasteiger partial charge in [-0.1, -0.05) is 0 Å². The minimum atomic E-state index is -1.07. The van der Waals surface area contributed by atoms with Gasteiger partial charge in [0.2, 0.25) is 0 Å². The van der Waals surface area contributed by atoms with E-state index in [1.807, 2.05) is 18.4 Å². The number of carboxylic acids is 1. The number of hydrogen-bond donors (Lipinski definition) is 2. The van der Waals surface area contributed by atoms with Crippen LogP contribution >= 0.6 is 11.3 Å². The molecule has 0 unspecified atom stereocenters. The SMILES string of the molecule is Cc1ccsc1C(=O)Nc1ccc(-n2ccc(C(=O)O)n2)cc1. The van der Waals surface area contributed by atoms with Crippen LogP contribution in [0.5, 0.6) is 0 Å². The summed E-state index contributed by atoms with van der Waals surface area (Å²) in [4.78, 5) is 23.7. The number of carboxylic acid groups (broad SMARTS) is 1. The van der Waals surface area contributed by atoms with Crippen molar-refractivity contribution in [3.63, 3.8) is 0 Å². The average molecular weight is 327 g/mol. The molecule has 0 aliphatic rings. The van der Waals surface area contributed by atoms with Gasteiger partial charge in [0.1, 0.15) is 0 Å². The summed E-state index contributed by atoms with van der Waals surface area (Å²) >= 11 is 1.40. The van der Waals surface area contributed by atoms with Crippen molar-refractivity contribution >= 4 is 28.9 Å². The molecule has 0 aliphatic heterocycles. The highest BCUT2D eigenvalue weighted by atomic mass is 32.1. The van der Waals surface area contributed by atoms with Gasteiger partial charge in [-0.15, -0.1) is 11.3 Å². The molecule has 2 heterocycles. The molecule has 6 nitrogen and oxygen atoms in total. The summed E-state index contributed by atoms with van der Waals surface area (Å²) in [7, 11) is 0. The number of nitrogens with zero attached hydrogens (tertiary/aromatic N) is 2. The highest BCUT2D eigenvalue weighted by Crippen LogP contribution is 2.19. The van der Waals surface area contributed by atoms with Crippen molar-refractivity contribution in [2.45, 2.75) is 6.92 Å². The third kappa shape index (κ3) is 3.14. The molecule has 0 saturated carbocycles. The highest BCUT2D eigenvalue weighted by molar-refractivity contribution is 7.12. The van der Waals surface area contributed by atoms with Gasteiger partial charge in [0.15, 0.2) is 5.69 Å². The summed E-state index contributed by atoms with van der Waals surface area (Å²) in [5.74, 6) is -1.21. The molecule has 0 radical (unpaired) electrons. The molecule has 2 aromatic heterocycles. The Morgan fingerprint density at radius 2 is 1.91 bits per heavy atom. The van der Waals surface area contributed by atoms with Crippen molar-refractivity contribution in [3.8, 4) is 5.69 Å². The van der Waals surface area contributed by atoms with E-state index in [4.69, 9.17) is 5.11 Å². The van der Waals surface area contributed by atoms with Crippen molar-refractivity contribution in [1.82, 2.24) is 9.78 Å². The van der Waals surface area contributed by atoms with E-state index >= 15 is 0 Å². The van der Waals surface area contributed by atoms with Gasteiger partial charge in [0.05, 0.1) is 10.6 Å². The van der Waals surface area contributed by atoms with Crippen molar-refractivity contribution in [3.05, 3.63) is 64.1 Å². The van der Waals surface area contributed by atoms with Crippen LogP contribution in [0.4, 0.5) is 5.69 Å². The lowest BCUT2D eigenvalue weighted by atomic mass is 10.2. The third-order valence-electron chi connectivity index (χ3n) is 3.27. The van der Waals surface area contributed by atoms with Crippen LogP contribution in [0.15, 0.2) is 48.0 Å². The largest absolute Gasteiger partial charge is 0.476 e. The maximum atomic E-state index is 12.1. The third-order valence-corrected chi connectivity index (χ3v) is 4.28. The van der Waals surface area contributed by atoms with Crippen molar-refractivity contribution in [1.29, 1.82) is 0 Å². The molecule has 116 valence electrons. The number of aromatic carboxylic acids is 1. The van der Waals surface area contributed by atoms with E-state index in [2.05, 4.69) is 10.4 Å². The molecular weight excluding hydrogens is 314 g/mol. The number of anilines is 1. The lowest BCUT2D eigenvalue weighted by molar-refractivity contribution is 0.0689. The van der Waals surface area contributed by atoms with Crippen LogP contribution in [-0.2, 0) is 0 Å². The molecule has 0 bridgehead atoms. The Balaban J connectivity index is 1.75. The lowest BCUT2D eigenvalue weighted by Crippen LogP contribution is -2.11. The van der Waals surface area contributed by atoms with Gasteiger partial charge in [-0.05, 0) is 54.3 Å². The second-order valence-corrected chi connectivity index (χ2v) is 5.80. The van der Waals surface area contributed by atoms with E-state index in [9.17, 15) is 9.59 Å². The maximum Gasteiger partial charge on any atom is 0.356 e. The fourth-order valence-corrected chi connectivity index (χ4v) is 2.89. The van der Waals surface area contributed by atoms with E-state index in [1.165, 1.54) is 22.1 Å². The Bertz CT molecular complexity index is 865. The van der Waals surface area contributed by atoms with Gasteiger partial charge in [0, 0.05) is 11.9 Å². The Labute approximate surface area is 136 Å². The zero-order valence-electron chi connectivity index (χ0n) is 12.2. The van der Waals surface area contributed by atoms with Gasteiger partial charge >= 0.3 is 5.97 Å². The zero-order chi connectivity index (χ0) is 16.4. The van der Waals surface area contributed by atoms with Crippen LogP contribution in [0.25, 0.3) is 5.69 Å². The predicted molar refractivity (Wildman–Crippen MR) is 87.5 cm³/mol. The number of aryl methyl sites for hydroxylation is 1. The van der Waals surface area contributed by atoms with Crippen LogP contribution < -0.4 is 5.32 Å². The number of carbonyl (C=O) groups is 2. The first kappa shape index (κ1) is 15.0. The summed E-state index contributed by atoms with van der Waals surface area (Å²) in [6.07, 6.45) is 1.58. The summed E-state index contributed by atoms with van der Waals surface area (Å²) in [5.41, 5.74) is 2.30. The Kier molecular flexibility index (Phi) is 3.94. The molecule has 0 aliphatic carbocycles. The van der Waals surface area contributed by atoms with Crippen LogP contribution in [0.3, 0.4) is 0 Å². The highest BCUT2D eigenvalue weighted by Gasteiger charge is 2.11. The second kappa shape index (κ2) is 6.05. The second-order valence-electron chi connectivity index (χ2n) is 4.88. The molecule has 0 atom stereocenters. The van der Waals surface area contributed by atoms with Gasteiger partial charge < -0.3 is 10.4 Å². The molecule has 0 spiro atoms. The number of benzene rings is 1. The Morgan fingerprint density at radius 3 is 2.48 bits per heavy atom. The van der Waals surface area contributed by atoms with E-state index in [1.54, 1.807) is 30.5 Å². The number of rotatable bonds is 4. The van der Waals surface area contributed by atoms with Crippen LogP contribution in [0.1, 0.15) is 25.7 Å². The average Bonchev–Trinajstić information content (AvgIpc) is 3.17. The zero-order valence-corrected chi connectivity index (χ0v) is 13.0. The monoisotopic (exact) mass is 327 g/mol. The fourth-order valence-electron chi connectivity index (χ4n) is 2.07. The van der Waals surface area contributed by atoms with E-state index in [0.717, 1.165) is 5.56 Å². The Hall–Kier alpha value is -2.93. The van der Waals surface area contributed by atoms with E-state index in [-0.39, 0.29) is 11.6 Å². The number of nitrogens with one attached hydrogen (secondary N) is 1. The number of aromatic nitrogens is 2. The number of hydrogen-bond acceptors (Lipinski definition) is 4. The van der Waals surface area contributed by atoms with Crippen molar-refractivity contribution < 1.29 is 14.7 Å². The maximum absolute atomic E-state index is 12.1. The number of thiophene rings is 1. The summed E-state index contributed by atoms with van der Waals surface area (Å²) in [5, 5.41) is 17.5. The van der Waals surface area contributed by atoms with E-state index < -0.39 is 5.97 Å². The standard InChI is InChI=1S/C16H13N3O3S/c1-10-7-9-23-14(10)15(20)17-11-2-4-12(5-3-11)19-8-6-13(18-19)16(21)22/h2-9H,1H3,(H,17,20)(H,21,22). The molecule has 1 amide bonds. The number of carbonyl (C=O) groups excluding carboxylic acids is 1. The van der Waals surface area contributed by atoms with Crippen molar-refractivity contribution in [2.75, 3.05) is 5.32 Å². The quantitative estimate of drug-likeness (QED) is 0.771. The van der Waals surface area contributed by atoms with Gasteiger partial charge in [-0.3, -0.25) is 4.79 Å². The smallest absolute Gasteiger partial charge is 0.356 e. The molecule has 0 fully saturated rings. The Morgan fingerprint density at radius 1 is 1.17 bits per heavy atom. The first-order valence-corrected chi connectivity index (χ1v) is 7.67. The molecule has 3 rings (SSSR count). The molecule has 3 aromatic rings. The predicted octanol–water partition coefficient (Wildman–Crippen LogP) is 3.19. The van der Waals surface area contributed by atoms with Gasteiger partial charge in [-0.2, -0.15) is 5.10 Å². The summed E-state index contributed by atoms with van der Waals surface area (Å²) in [6, 6.07) is 10.3. The molecule has 0 saturated heterocycles. The molecule has 2 N–H and O–H groups in total. The van der Waals surface area contributed by atoms with Crippen LogP contribution in [0.2, 0.25) is 0 Å². The van der Waals surface area contributed by atoms with Crippen LogP contribution in [-0.4, -0.2) is 26.8 Å². The summed E-state index contributed by atoms with van der Waals surface area (Å²) < 4.78 is 1.47. The van der Waals surface area contributed by atoms with Crippen molar-refractivity contribution in [2.24, 2.45) is 0 Å². The molecular formula is C16H13N3O3S. The number of amides is 1. The first-order chi connectivity index (χ1) is 11.0. The minimum Gasteiger partial charge on any atom is -0.476 e. The molecule has 7 heteroatoms. The summed E-state index contributed by atoms with van der Waals surface area (Å²) in [6.45, 7) is 1.90. The van der Waals surface area contributed by atoms with Gasteiger partial charge in [0.25, 0.3) is 5.91 Å². The first-order valence-electron chi connectivity index (χ1n) is 6.79. The molecule has 1 aromatic carbocycles. The topological polar surface area (TPSA) is 84.2 Å². The molecule has 23 heavy (non-hydrogen) atoms. The normalized spacial score (nSPS) is 10.5. The fraction of sp³-hybridized carbons (Fsp3) is 0.0625. The minimum absolute atomic E-state index is 0.0180. The lowest BCUT2D eigenvalue weighted by Gasteiger charge is -2.06. The van der Waals surface area contributed by atoms with E-state index in [0.29, 0.717) is 16.3 Å². The van der Waals surface area contributed by atoms with Crippen LogP contribution in [0, 0.1) is 6.92 Å². The van der Waals surface area contributed by atoms with Gasteiger partial charge in [-0.25, -0.2) is 9.48 Å².